The molecule has 1 atom stereocenters. The van der Waals surface area contributed by atoms with Crippen LogP contribution in [0.15, 0.2) is 12.7 Å². The Kier molecular flexibility index (Phi) is 4.41. The molecule has 0 aromatic heterocycles. The fourth-order valence-corrected chi connectivity index (χ4v) is 0.568. The zero-order valence-electron chi connectivity index (χ0n) is 5.56. The van der Waals surface area contributed by atoms with Crippen LogP contribution < -0.4 is 0 Å². The summed E-state index contributed by atoms with van der Waals surface area (Å²) in [7, 11) is 0. The van der Waals surface area contributed by atoms with Gasteiger partial charge in [-0.2, -0.15) is 0 Å². The van der Waals surface area contributed by atoms with Gasteiger partial charge < -0.3 is 4.79 Å². The van der Waals surface area contributed by atoms with Crippen LogP contribution in [0.3, 0.4) is 0 Å². The maximum atomic E-state index is 10.4. The standard InChI is InChI=1S/C7H11ClO/c1-3-7(8)5-4-6(2)9/h3,7H,1,4-5H2,2H3. The molecule has 0 aliphatic carbocycles. The molecule has 0 bridgehead atoms. The summed E-state index contributed by atoms with van der Waals surface area (Å²) in [6.45, 7) is 5.06. The molecule has 0 fully saturated rings. The molecule has 0 rings (SSSR count). The number of alkyl halides is 1. The van der Waals surface area contributed by atoms with Crippen molar-refractivity contribution >= 4 is 17.4 Å². The highest BCUT2D eigenvalue weighted by Gasteiger charge is 1.99. The lowest BCUT2D eigenvalue weighted by Gasteiger charge is -1.98. The highest BCUT2D eigenvalue weighted by atomic mass is 35.5. The maximum absolute atomic E-state index is 10.4. The molecule has 1 unspecified atom stereocenters. The average Bonchev–Trinajstić information content (AvgIpc) is 1.83. The molecule has 0 aliphatic rings. The van der Waals surface area contributed by atoms with E-state index in [0.717, 1.165) is 0 Å². The van der Waals surface area contributed by atoms with Crippen molar-refractivity contribution in [1.29, 1.82) is 0 Å². The molecule has 0 radical (unpaired) electrons. The van der Waals surface area contributed by atoms with Crippen LogP contribution >= 0.6 is 11.6 Å². The number of carbonyl (C=O) groups is 1. The third-order valence-corrected chi connectivity index (χ3v) is 1.42. The van der Waals surface area contributed by atoms with Crippen LogP contribution in [0.1, 0.15) is 19.8 Å². The molecule has 0 aliphatic heterocycles. The first kappa shape index (κ1) is 8.70. The van der Waals surface area contributed by atoms with Gasteiger partial charge in [0, 0.05) is 6.42 Å². The van der Waals surface area contributed by atoms with Crippen LogP contribution in [0.4, 0.5) is 0 Å². The van der Waals surface area contributed by atoms with E-state index in [4.69, 9.17) is 11.6 Å². The Morgan fingerprint density at radius 1 is 1.89 bits per heavy atom. The topological polar surface area (TPSA) is 17.1 Å². The number of Topliss-reactive ketones (excluding diaryl/α,β-unsaturated/α-hetero) is 1. The fourth-order valence-electron chi connectivity index (χ4n) is 0.459. The molecule has 0 aromatic rings. The summed E-state index contributed by atoms with van der Waals surface area (Å²) in [5.41, 5.74) is 0. The van der Waals surface area contributed by atoms with E-state index in [9.17, 15) is 4.79 Å². The number of halogens is 1. The molecule has 0 aromatic carbocycles. The van der Waals surface area contributed by atoms with Gasteiger partial charge in [0.15, 0.2) is 0 Å². The van der Waals surface area contributed by atoms with E-state index in [2.05, 4.69) is 6.58 Å². The van der Waals surface area contributed by atoms with Gasteiger partial charge in [-0.05, 0) is 13.3 Å². The average molecular weight is 147 g/mol. The Hall–Kier alpha value is -0.300. The molecule has 2 heteroatoms. The first-order valence-electron chi connectivity index (χ1n) is 2.93. The second-order valence-electron chi connectivity index (χ2n) is 1.99. The quantitative estimate of drug-likeness (QED) is 0.439. The van der Waals surface area contributed by atoms with Gasteiger partial charge in [-0.3, -0.25) is 0 Å². The van der Waals surface area contributed by atoms with Gasteiger partial charge in [-0.1, -0.05) is 6.08 Å². The zero-order valence-corrected chi connectivity index (χ0v) is 6.32. The molecule has 0 saturated heterocycles. The molecule has 0 heterocycles. The third kappa shape index (κ3) is 5.57. The van der Waals surface area contributed by atoms with E-state index in [1.54, 1.807) is 13.0 Å². The van der Waals surface area contributed by atoms with E-state index < -0.39 is 0 Å². The Bertz CT molecular complexity index is 109. The molecule has 1 nitrogen and oxygen atoms in total. The Morgan fingerprint density at radius 3 is 2.78 bits per heavy atom. The van der Waals surface area contributed by atoms with Crippen molar-refractivity contribution in [2.45, 2.75) is 25.1 Å². The van der Waals surface area contributed by atoms with Crippen molar-refractivity contribution in [3.8, 4) is 0 Å². The van der Waals surface area contributed by atoms with Crippen molar-refractivity contribution in [3.63, 3.8) is 0 Å². The van der Waals surface area contributed by atoms with Crippen molar-refractivity contribution in [1.82, 2.24) is 0 Å². The first-order chi connectivity index (χ1) is 4.16. The van der Waals surface area contributed by atoms with Gasteiger partial charge >= 0.3 is 0 Å². The lowest BCUT2D eigenvalue weighted by Crippen LogP contribution is -1.97. The molecule has 0 N–H and O–H groups in total. The minimum atomic E-state index is -0.0473. The molecular formula is C7H11ClO. The van der Waals surface area contributed by atoms with E-state index in [-0.39, 0.29) is 11.2 Å². The Morgan fingerprint density at radius 2 is 2.44 bits per heavy atom. The maximum Gasteiger partial charge on any atom is 0.129 e. The largest absolute Gasteiger partial charge is 0.300 e. The van der Waals surface area contributed by atoms with E-state index in [1.165, 1.54) is 0 Å². The predicted molar refractivity (Wildman–Crippen MR) is 39.8 cm³/mol. The zero-order chi connectivity index (χ0) is 7.28. The van der Waals surface area contributed by atoms with Crippen LogP contribution in [0.2, 0.25) is 0 Å². The SMILES string of the molecule is C=CC(Cl)CCC(C)=O. The van der Waals surface area contributed by atoms with Gasteiger partial charge in [0.2, 0.25) is 0 Å². The molecule has 9 heavy (non-hydrogen) atoms. The highest BCUT2D eigenvalue weighted by Crippen LogP contribution is 2.05. The monoisotopic (exact) mass is 146 g/mol. The predicted octanol–water partition coefficient (Wildman–Crippen LogP) is 2.15. The third-order valence-electron chi connectivity index (χ3n) is 1.03. The Labute approximate surface area is 60.7 Å². The number of carbonyl (C=O) groups excluding carboxylic acids is 1. The summed E-state index contributed by atoms with van der Waals surface area (Å²) < 4.78 is 0. The van der Waals surface area contributed by atoms with Gasteiger partial charge in [0.25, 0.3) is 0 Å². The smallest absolute Gasteiger partial charge is 0.129 e. The van der Waals surface area contributed by atoms with Crippen LogP contribution in [-0.4, -0.2) is 11.2 Å². The molecule has 0 saturated carbocycles. The summed E-state index contributed by atoms with van der Waals surface area (Å²) in [5, 5.41) is -0.0473. The van der Waals surface area contributed by atoms with Gasteiger partial charge in [-0.15, -0.1) is 18.2 Å². The van der Waals surface area contributed by atoms with Crippen LogP contribution in [-0.2, 0) is 4.79 Å². The number of hydrogen-bond donors (Lipinski definition) is 0. The fraction of sp³-hybridized carbons (Fsp3) is 0.571. The lowest BCUT2D eigenvalue weighted by atomic mass is 10.2. The van der Waals surface area contributed by atoms with E-state index >= 15 is 0 Å². The molecule has 0 spiro atoms. The summed E-state index contributed by atoms with van der Waals surface area (Å²) >= 11 is 5.64. The minimum absolute atomic E-state index is 0.0473. The Balaban J connectivity index is 3.26. The van der Waals surface area contributed by atoms with Crippen molar-refractivity contribution in [2.24, 2.45) is 0 Å². The van der Waals surface area contributed by atoms with Crippen LogP contribution in [0.25, 0.3) is 0 Å². The van der Waals surface area contributed by atoms with Crippen LogP contribution in [0.5, 0.6) is 0 Å². The molecular weight excluding hydrogens is 136 g/mol. The van der Waals surface area contributed by atoms with Crippen molar-refractivity contribution in [2.75, 3.05) is 0 Å². The number of allylic oxidation sites excluding steroid dienone is 1. The van der Waals surface area contributed by atoms with Crippen molar-refractivity contribution in [3.05, 3.63) is 12.7 Å². The van der Waals surface area contributed by atoms with E-state index in [1.807, 2.05) is 0 Å². The highest BCUT2D eigenvalue weighted by molar-refractivity contribution is 6.21. The summed E-state index contributed by atoms with van der Waals surface area (Å²) in [4.78, 5) is 10.4. The number of hydrogen-bond acceptors (Lipinski definition) is 1. The van der Waals surface area contributed by atoms with Gasteiger partial charge in [0.1, 0.15) is 5.78 Å². The molecule has 52 valence electrons. The summed E-state index contributed by atoms with van der Waals surface area (Å²) in [5.74, 6) is 0.183. The van der Waals surface area contributed by atoms with E-state index in [0.29, 0.717) is 12.8 Å². The van der Waals surface area contributed by atoms with Gasteiger partial charge in [-0.25, -0.2) is 0 Å². The number of ketones is 1. The van der Waals surface area contributed by atoms with Crippen molar-refractivity contribution < 1.29 is 4.79 Å². The molecule has 0 amide bonds. The number of rotatable bonds is 4. The minimum Gasteiger partial charge on any atom is -0.300 e. The van der Waals surface area contributed by atoms with Gasteiger partial charge in [0.05, 0.1) is 5.38 Å². The summed E-state index contributed by atoms with van der Waals surface area (Å²) in [6.07, 6.45) is 2.91. The first-order valence-corrected chi connectivity index (χ1v) is 3.36. The second kappa shape index (κ2) is 4.57. The normalized spacial score (nSPS) is 12.7. The summed E-state index contributed by atoms with van der Waals surface area (Å²) in [6, 6.07) is 0. The van der Waals surface area contributed by atoms with Crippen LogP contribution in [0, 0.1) is 0 Å². The lowest BCUT2D eigenvalue weighted by molar-refractivity contribution is -0.117. The second-order valence-corrected chi connectivity index (χ2v) is 2.55.